The Morgan fingerprint density at radius 2 is 2.27 bits per heavy atom. The van der Waals surface area contributed by atoms with Crippen LogP contribution < -0.4 is 0 Å². The Labute approximate surface area is 68.6 Å². The van der Waals surface area contributed by atoms with E-state index in [9.17, 15) is 0 Å². The molecule has 1 rings (SSSR count). The van der Waals surface area contributed by atoms with Gasteiger partial charge >= 0.3 is 0 Å². The normalized spacial score (nSPS) is 21.7. The molecule has 0 amide bonds. The van der Waals surface area contributed by atoms with Crippen LogP contribution in [-0.4, -0.2) is 11.3 Å². The van der Waals surface area contributed by atoms with Crippen molar-refractivity contribution in [1.29, 1.82) is 0 Å². The molecule has 0 aromatic carbocycles. The molecule has 1 aliphatic rings. The first-order valence-corrected chi connectivity index (χ1v) is 3.94. The maximum absolute atomic E-state index is 5.02. The van der Waals surface area contributed by atoms with Crippen LogP contribution in [0.2, 0.25) is 0 Å². The summed E-state index contributed by atoms with van der Waals surface area (Å²) in [6.07, 6.45) is 1.76. The third-order valence-corrected chi connectivity index (χ3v) is 1.54. The summed E-state index contributed by atoms with van der Waals surface area (Å²) in [5, 5.41) is 3.92. The molecule has 62 valence electrons. The molecule has 1 aliphatic heterocycles. The first-order valence-electron chi connectivity index (χ1n) is 3.94. The van der Waals surface area contributed by atoms with Crippen molar-refractivity contribution in [2.24, 2.45) is 11.1 Å². The molecule has 0 unspecified atom stereocenters. The number of hydrogen-bond donors (Lipinski definition) is 0. The van der Waals surface area contributed by atoms with Gasteiger partial charge in [-0.1, -0.05) is 19.0 Å². The molecule has 0 atom stereocenters. The van der Waals surface area contributed by atoms with Crippen LogP contribution in [0.5, 0.6) is 0 Å². The highest BCUT2D eigenvalue weighted by molar-refractivity contribution is 5.86. The SMILES string of the molecule is [CH2]C1([CH2])CC(CC(C)C)=NO1. The van der Waals surface area contributed by atoms with Crippen molar-refractivity contribution in [3.05, 3.63) is 13.8 Å². The third kappa shape index (κ3) is 2.52. The standard InChI is InChI=1S/C9H15NO/c1-7(2)5-8-6-9(3,4)11-10-8/h7H,3-6H2,1-2H3. The highest BCUT2D eigenvalue weighted by Gasteiger charge is 2.28. The summed E-state index contributed by atoms with van der Waals surface area (Å²) in [6, 6.07) is 0. The minimum atomic E-state index is -0.551. The highest BCUT2D eigenvalue weighted by atomic mass is 16.7. The molecule has 2 radical (unpaired) electrons. The summed E-state index contributed by atoms with van der Waals surface area (Å²) in [5.74, 6) is 0.631. The zero-order valence-corrected chi connectivity index (χ0v) is 7.26. The lowest BCUT2D eigenvalue weighted by Crippen LogP contribution is -2.20. The molecule has 0 bridgehead atoms. The first-order chi connectivity index (χ1) is 4.99. The smallest absolute Gasteiger partial charge is 0.143 e. The fourth-order valence-electron chi connectivity index (χ4n) is 1.18. The molecule has 1 heterocycles. The molecule has 0 saturated heterocycles. The van der Waals surface area contributed by atoms with Crippen molar-refractivity contribution in [2.45, 2.75) is 32.3 Å². The van der Waals surface area contributed by atoms with E-state index in [2.05, 4.69) is 32.9 Å². The molecule has 0 aromatic heterocycles. The van der Waals surface area contributed by atoms with E-state index in [1.807, 2.05) is 0 Å². The molecule has 11 heavy (non-hydrogen) atoms. The molecule has 2 heteroatoms. The van der Waals surface area contributed by atoms with E-state index in [4.69, 9.17) is 4.84 Å². The fraction of sp³-hybridized carbons (Fsp3) is 0.667. The topological polar surface area (TPSA) is 21.6 Å². The molecule has 0 saturated carbocycles. The number of hydrogen-bond acceptors (Lipinski definition) is 2. The molecule has 0 spiro atoms. The van der Waals surface area contributed by atoms with Crippen molar-refractivity contribution >= 4 is 5.71 Å². The lowest BCUT2D eigenvalue weighted by Gasteiger charge is -2.13. The molecule has 0 aromatic rings. The molecular formula is C9H15NO. The van der Waals surface area contributed by atoms with E-state index >= 15 is 0 Å². The average molecular weight is 153 g/mol. The van der Waals surface area contributed by atoms with Gasteiger partial charge < -0.3 is 4.84 Å². The van der Waals surface area contributed by atoms with E-state index < -0.39 is 5.60 Å². The molecule has 0 N–H and O–H groups in total. The Morgan fingerprint density at radius 3 is 2.64 bits per heavy atom. The second-order valence-electron chi connectivity index (χ2n) is 3.71. The second kappa shape index (κ2) is 2.84. The lowest BCUT2D eigenvalue weighted by molar-refractivity contribution is 0.0548. The van der Waals surface area contributed by atoms with Crippen LogP contribution in [0.25, 0.3) is 0 Å². The quantitative estimate of drug-likeness (QED) is 0.596. The van der Waals surface area contributed by atoms with Crippen molar-refractivity contribution in [1.82, 2.24) is 0 Å². The van der Waals surface area contributed by atoms with Gasteiger partial charge in [-0.05, 0) is 26.2 Å². The van der Waals surface area contributed by atoms with Crippen molar-refractivity contribution < 1.29 is 4.84 Å². The van der Waals surface area contributed by atoms with Crippen molar-refractivity contribution in [2.75, 3.05) is 0 Å². The summed E-state index contributed by atoms with van der Waals surface area (Å²) in [7, 11) is 0. The maximum atomic E-state index is 5.02. The summed E-state index contributed by atoms with van der Waals surface area (Å²) < 4.78 is 0. The van der Waals surface area contributed by atoms with Gasteiger partial charge in [-0.15, -0.1) is 0 Å². The van der Waals surface area contributed by atoms with Gasteiger partial charge in [-0.3, -0.25) is 0 Å². The van der Waals surface area contributed by atoms with E-state index in [1.54, 1.807) is 0 Å². The minimum Gasteiger partial charge on any atom is -0.389 e. The van der Waals surface area contributed by atoms with Gasteiger partial charge in [0, 0.05) is 6.42 Å². The minimum absolute atomic E-state index is 0.551. The Morgan fingerprint density at radius 1 is 1.64 bits per heavy atom. The van der Waals surface area contributed by atoms with Gasteiger partial charge in [0.05, 0.1) is 5.71 Å². The number of nitrogens with zero attached hydrogens (tertiary/aromatic N) is 1. The summed E-state index contributed by atoms with van der Waals surface area (Å²) in [5.41, 5.74) is 0.537. The molecular weight excluding hydrogens is 138 g/mol. The van der Waals surface area contributed by atoms with Gasteiger partial charge in [0.1, 0.15) is 5.60 Å². The molecule has 0 aliphatic carbocycles. The zero-order valence-electron chi connectivity index (χ0n) is 7.26. The Bertz CT molecular complexity index is 170. The van der Waals surface area contributed by atoms with Crippen LogP contribution in [0.1, 0.15) is 26.7 Å². The Balaban J connectivity index is 2.40. The average Bonchev–Trinajstić information content (AvgIpc) is 2.08. The second-order valence-corrected chi connectivity index (χ2v) is 3.71. The largest absolute Gasteiger partial charge is 0.389 e. The van der Waals surface area contributed by atoms with Gasteiger partial charge in [-0.25, -0.2) is 0 Å². The van der Waals surface area contributed by atoms with Crippen molar-refractivity contribution in [3.63, 3.8) is 0 Å². The summed E-state index contributed by atoms with van der Waals surface area (Å²) in [6.45, 7) is 11.9. The van der Waals surface area contributed by atoms with E-state index in [-0.39, 0.29) is 0 Å². The number of rotatable bonds is 2. The van der Waals surface area contributed by atoms with E-state index in [0.29, 0.717) is 5.92 Å². The summed E-state index contributed by atoms with van der Waals surface area (Å²) in [4.78, 5) is 5.02. The van der Waals surface area contributed by atoms with Crippen LogP contribution in [-0.2, 0) is 4.84 Å². The van der Waals surface area contributed by atoms with Gasteiger partial charge in [0.2, 0.25) is 0 Å². The van der Waals surface area contributed by atoms with E-state index in [1.165, 1.54) is 0 Å². The first kappa shape index (κ1) is 8.57. The molecule has 2 nitrogen and oxygen atoms in total. The van der Waals surface area contributed by atoms with Crippen LogP contribution in [0.3, 0.4) is 0 Å². The Kier molecular flexibility index (Phi) is 2.21. The van der Waals surface area contributed by atoms with Crippen LogP contribution in [0.15, 0.2) is 5.16 Å². The van der Waals surface area contributed by atoms with E-state index in [0.717, 1.165) is 18.6 Å². The molecule has 0 fully saturated rings. The zero-order chi connectivity index (χ0) is 8.48. The highest BCUT2D eigenvalue weighted by Crippen LogP contribution is 2.24. The van der Waals surface area contributed by atoms with Crippen LogP contribution in [0, 0.1) is 19.8 Å². The van der Waals surface area contributed by atoms with Crippen LogP contribution in [0.4, 0.5) is 0 Å². The van der Waals surface area contributed by atoms with Gasteiger partial charge in [-0.2, -0.15) is 0 Å². The maximum Gasteiger partial charge on any atom is 0.143 e. The predicted octanol–water partition coefficient (Wildman–Crippen LogP) is 2.22. The summed E-state index contributed by atoms with van der Waals surface area (Å²) >= 11 is 0. The lowest BCUT2D eigenvalue weighted by atomic mass is 9.97. The Hall–Kier alpha value is -0.530. The van der Waals surface area contributed by atoms with Gasteiger partial charge in [0.15, 0.2) is 0 Å². The third-order valence-electron chi connectivity index (χ3n) is 1.54. The monoisotopic (exact) mass is 153 g/mol. The predicted molar refractivity (Wildman–Crippen MR) is 46.0 cm³/mol. The van der Waals surface area contributed by atoms with Gasteiger partial charge in [0.25, 0.3) is 0 Å². The van der Waals surface area contributed by atoms with Crippen LogP contribution >= 0.6 is 0 Å². The number of oxime groups is 1. The van der Waals surface area contributed by atoms with Crippen molar-refractivity contribution in [3.8, 4) is 0 Å². The fourth-order valence-corrected chi connectivity index (χ4v) is 1.18.